The molecule has 0 aromatic carbocycles. The van der Waals surface area contributed by atoms with E-state index in [2.05, 4.69) is 10.2 Å². The van der Waals surface area contributed by atoms with Crippen molar-refractivity contribution in [1.29, 1.82) is 0 Å². The fourth-order valence-corrected chi connectivity index (χ4v) is 2.01. The lowest BCUT2D eigenvalue weighted by atomic mass is 10.3. The average Bonchev–Trinajstić information content (AvgIpc) is 2.63. The van der Waals surface area contributed by atoms with Crippen LogP contribution in [0.25, 0.3) is 12.2 Å². The number of rotatable bonds is 2. The summed E-state index contributed by atoms with van der Waals surface area (Å²) >= 11 is 7.55. The van der Waals surface area contributed by atoms with Gasteiger partial charge in [-0.15, -0.1) is 11.3 Å². The average molecular weight is 223 g/mol. The molecule has 2 rings (SSSR count). The van der Waals surface area contributed by atoms with Crippen molar-refractivity contribution in [3.8, 4) is 0 Å². The lowest BCUT2D eigenvalue weighted by Crippen LogP contribution is -1.78. The van der Waals surface area contributed by atoms with Crippen molar-refractivity contribution in [2.75, 3.05) is 0 Å². The van der Waals surface area contributed by atoms with Crippen molar-refractivity contribution in [3.63, 3.8) is 0 Å². The highest BCUT2D eigenvalue weighted by Gasteiger charge is 1.95. The summed E-state index contributed by atoms with van der Waals surface area (Å²) in [7, 11) is 0. The zero-order chi connectivity index (χ0) is 9.80. The summed E-state index contributed by atoms with van der Waals surface area (Å²) in [4.78, 5) is 1.06. The van der Waals surface area contributed by atoms with Crippen LogP contribution in [0.1, 0.15) is 10.4 Å². The molecular weight excluding hydrogens is 216 g/mol. The number of halogens is 1. The quantitative estimate of drug-likeness (QED) is 0.779. The number of hydrogen-bond acceptors (Lipinski definition) is 3. The van der Waals surface area contributed by atoms with Gasteiger partial charge >= 0.3 is 0 Å². The second-order valence-corrected chi connectivity index (χ2v) is 4.00. The largest absolute Gasteiger partial charge is 0.159 e. The molecular formula is C10H7ClN2S. The van der Waals surface area contributed by atoms with Crippen LogP contribution in [0, 0.1) is 0 Å². The third-order valence-electron chi connectivity index (χ3n) is 1.68. The molecule has 2 aromatic rings. The molecule has 0 radical (unpaired) electrons. The van der Waals surface area contributed by atoms with Crippen molar-refractivity contribution in [2.45, 2.75) is 0 Å². The highest BCUT2D eigenvalue weighted by molar-refractivity contribution is 7.11. The molecule has 0 amide bonds. The summed E-state index contributed by atoms with van der Waals surface area (Å²) in [6.45, 7) is 0. The second-order valence-electron chi connectivity index (χ2n) is 2.64. The number of nitrogens with zero attached hydrogens (tertiary/aromatic N) is 2. The van der Waals surface area contributed by atoms with E-state index in [-0.39, 0.29) is 0 Å². The standard InChI is InChI=1S/C10H7ClN2S/c11-9-4-6-14-10(9)2-1-8-3-5-12-13-7-8/h1-7H/b2-1+. The van der Waals surface area contributed by atoms with Gasteiger partial charge in [-0.3, -0.25) is 0 Å². The summed E-state index contributed by atoms with van der Waals surface area (Å²) in [6, 6.07) is 3.78. The van der Waals surface area contributed by atoms with Crippen LogP contribution in [0.5, 0.6) is 0 Å². The van der Waals surface area contributed by atoms with E-state index in [0.717, 1.165) is 15.5 Å². The van der Waals surface area contributed by atoms with E-state index in [1.165, 1.54) is 0 Å². The van der Waals surface area contributed by atoms with E-state index in [1.807, 2.05) is 29.7 Å². The molecule has 14 heavy (non-hydrogen) atoms. The van der Waals surface area contributed by atoms with E-state index in [9.17, 15) is 0 Å². The van der Waals surface area contributed by atoms with Crippen LogP contribution in [0.2, 0.25) is 5.02 Å². The highest BCUT2D eigenvalue weighted by Crippen LogP contribution is 2.23. The Bertz CT molecular complexity index is 436. The number of thiophene rings is 1. The van der Waals surface area contributed by atoms with Crippen molar-refractivity contribution in [1.82, 2.24) is 10.2 Å². The smallest absolute Gasteiger partial charge is 0.0586 e. The van der Waals surface area contributed by atoms with Crippen LogP contribution in [0.15, 0.2) is 29.9 Å². The van der Waals surface area contributed by atoms with E-state index in [0.29, 0.717) is 0 Å². The van der Waals surface area contributed by atoms with Gasteiger partial charge in [-0.25, -0.2) is 0 Å². The summed E-state index contributed by atoms with van der Waals surface area (Å²) in [5, 5.41) is 10.2. The zero-order valence-electron chi connectivity index (χ0n) is 7.22. The first kappa shape index (κ1) is 9.37. The Morgan fingerprint density at radius 3 is 2.79 bits per heavy atom. The molecule has 0 saturated carbocycles. The summed E-state index contributed by atoms with van der Waals surface area (Å²) in [5.41, 5.74) is 1.02. The molecule has 0 spiro atoms. The van der Waals surface area contributed by atoms with E-state index in [4.69, 9.17) is 11.6 Å². The minimum Gasteiger partial charge on any atom is -0.159 e. The molecule has 0 fully saturated rings. The van der Waals surface area contributed by atoms with Gasteiger partial charge < -0.3 is 0 Å². The molecule has 0 atom stereocenters. The molecule has 0 aliphatic rings. The van der Waals surface area contributed by atoms with Gasteiger partial charge in [-0.05, 0) is 29.2 Å². The van der Waals surface area contributed by atoms with Crippen molar-refractivity contribution in [2.24, 2.45) is 0 Å². The molecule has 0 bridgehead atoms. The fraction of sp³-hybridized carbons (Fsp3) is 0. The zero-order valence-corrected chi connectivity index (χ0v) is 8.79. The molecule has 2 heterocycles. The Morgan fingerprint density at radius 1 is 1.21 bits per heavy atom. The Balaban J connectivity index is 2.20. The third kappa shape index (κ3) is 2.19. The fourth-order valence-electron chi connectivity index (χ4n) is 0.996. The Labute approximate surface area is 90.9 Å². The lowest BCUT2D eigenvalue weighted by Gasteiger charge is -1.89. The van der Waals surface area contributed by atoms with Gasteiger partial charge in [0.05, 0.1) is 17.4 Å². The summed E-state index contributed by atoms with van der Waals surface area (Å²) in [5.74, 6) is 0. The Kier molecular flexibility index (Phi) is 2.91. The van der Waals surface area contributed by atoms with Crippen LogP contribution < -0.4 is 0 Å². The predicted octanol–water partition coefficient (Wildman–Crippen LogP) is 3.36. The highest BCUT2D eigenvalue weighted by atomic mass is 35.5. The minimum absolute atomic E-state index is 0.785. The van der Waals surface area contributed by atoms with Crippen LogP contribution >= 0.6 is 22.9 Å². The van der Waals surface area contributed by atoms with Gasteiger partial charge in [0.15, 0.2) is 0 Å². The molecule has 2 nitrogen and oxygen atoms in total. The first-order chi connectivity index (χ1) is 6.86. The molecule has 2 aromatic heterocycles. The van der Waals surface area contributed by atoms with E-state index < -0.39 is 0 Å². The van der Waals surface area contributed by atoms with Crippen molar-refractivity contribution in [3.05, 3.63) is 45.4 Å². The molecule has 0 N–H and O–H groups in total. The van der Waals surface area contributed by atoms with Crippen LogP contribution in [-0.4, -0.2) is 10.2 Å². The summed E-state index contributed by atoms with van der Waals surface area (Å²) in [6.07, 6.45) is 7.31. The molecule has 0 aliphatic heterocycles. The molecule has 4 heteroatoms. The van der Waals surface area contributed by atoms with Gasteiger partial charge in [0.1, 0.15) is 0 Å². The monoisotopic (exact) mass is 222 g/mol. The van der Waals surface area contributed by atoms with Gasteiger partial charge in [0, 0.05) is 4.88 Å². The van der Waals surface area contributed by atoms with Crippen LogP contribution in [0.4, 0.5) is 0 Å². The van der Waals surface area contributed by atoms with Gasteiger partial charge in [-0.1, -0.05) is 17.7 Å². The first-order valence-corrected chi connectivity index (χ1v) is 5.30. The normalized spacial score (nSPS) is 10.9. The lowest BCUT2D eigenvalue weighted by molar-refractivity contribution is 1.03. The molecule has 0 saturated heterocycles. The number of aromatic nitrogens is 2. The SMILES string of the molecule is Clc1ccsc1/C=C/c1ccnnc1. The van der Waals surface area contributed by atoms with E-state index in [1.54, 1.807) is 23.7 Å². The van der Waals surface area contributed by atoms with Gasteiger partial charge in [0.25, 0.3) is 0 Å². The maximum Gasteiger partial charge on any atom is 0.0586 e. The van der Waals surface area contributed by atoms with Crippen molar-refractivity contribution >= 4 is 35.1 Å². The van der Waals surface area contributed by atoms with Crippen LogP contribution in [0.3, 0.4) is 0 Å². The maximum absolute atomic E-state index is 5.94. The first-order valence-electron chi connectivity index (χ1n) is 4.04. The second kappa shape index (κ2) is 4.35. The summed E-state index contributed by atoms with van der Waals surface area (Å²) < 4.78 is 0. The topological polar surface area (TPSA) is 25.8 Å². The predicted molar refractivity (Wildman–Crippen MR) is 60.3 cm³/mol. The van der Waals surface area contributed by atoms with Crippen molar-refractivity contribution < 1.29 is 0 Å². The Morgan fingerprint density at radius 2 is 2.14 bits per heavy atom. The Hall–Kier alpha value is -1.19. The number of hydrogen-bond donors (Lipinski definition) is 0. The van der Waals surface area contributed by atoms with E-state index >= 15 is 0 Å². The van der Waals surface area contributed by atoms with Gasteiger partial charge in [-0.2, -0.15) is 10.2 Å². The molecule has 70 valence electrons. The maximum atomic E-state index is 5.94. The minimum atomic E-state index is 0.785. The molecule has 0 aliphatic carbocycles. The molecule has 0 unspecified atom stereocenters. The van der Waals surface area contributed by atoms with Crippen LogP contribution in [-0.2, 0) is 0 Å². The van der Waals surface area contributed by atoms with Gasteiger partial charge in [0.2, 0.25) is 0 Å². The third-order valence-corrected chi connectivity index (χ3v) is 3.00.